The lowest BCUT2D eigenvalue weighted by Crippen LogP contribution is -2.44. The van der Waals surface area contributed by atoms with Gasteiger partial charge < -0.3 is 15.5 Å². The molecule has 0 atom stereocenters. The first-order valence-electron chi connectivity index (χ1n) is 10.1. The van der Waals surface area contributed by atoms with Crippen LogP contribution in [-0.4, -0.2) is 56.1 Å². The lowest BCUT2D eigenvalue weighted by atomic mass is 10.2. The van der Waals surface area contributed by atoms with E-state index in [0.29, 0.717) is 17.0 Å². The Bertz CT molecular complexity index is 1270. The van der Waals surface area contributed by atoms with Crippen LogP contribution in [0.4, 0.5) is 11.6 Å². The maximum Gasteiger partial charge on any atom is 0.260 e. The first-order chi connectivity index (χ1) is 14.5. The number of amides is 1. The Morgan fingerprint density at radius 2 is 1.77 bits per heavy atom. The molecule has 0 bridgehead atoms. The molecular weight excluding hydrogens is 380 g/mol. The molecule has 1 amide bonds. The number of aromatic nitrogens is 5. The van der Waals surface area contributed by atoms with Crippen molar-refractivity contribution in [1.29, 1.82) is 0 Å². The van der Waals surface area contributed by atoms with Gasteiger partial charge in [-0.2, -0.15) is 0 Å². The van der Waals surface area contributed by atoms with Crippen LogP contribution < -0.4 is 15.5 Å². The summed E-state index contributed by atoms with van der Waals surface area (Å²) < 4.78 is 3.71. The maximum atomic E-state index is 13.1. The van der Waals surface area contributed by atoms with E-state index in [1.165, 1.54) is 0 Å². The normalized spacial score (nSPS) is 14.6. The second-order valence-corrected chi connectivity index (χ2v) is 7.74. The molecular formula is C21H24N8O. The highest BCUT2D eigenvalue weighted by Gasteiger charge is 2.20. The maximum absolute atomic E-state index is 13.1. The number of fused-ring (bicyclic) bond motifs is 2. The molecule has 30 heavy (non-hydrogen) atoms. The van der Waals surface area contributed by atoms with Gasteiger partial charge in [0.25, 0.3) is 5.91 Å². The number of piperazine rings is 1. The number of nitrogens with one attached hydrogen (secondary N) is 2. The number of aryl methyl sites for hydroxylation is 3. The molecule has 5 heterocycles. The highest BCUT2D eigenvalue weighted by molar-refractivity contribution is 6.08. The van der Waals surface area contributed by atoms with Gasteiger partial charge in [0.1, 0.15) is 5.82 Å². The average Bonchev–Trinajstić information content (AvgIpc) is 3.29. The molecule has 1 saturated heterocycles. The molecule has 0 unspecified atom stereocenters. The number of anilines is 2. The van der Waals surface area contributed by atoms with Crippen molar-refractivity contribution in [3.63, 3.8) is 0 Å². The van der Waals surface area contributed by atoms with E-state index in [9.17, 15) is 4.79 Å². The fourth-order valence-corrected chi connectivity index (χ4v) is 3.99. The number of hydrogen-bond acceptors (Lipinski definition) is 6. The van der Waals surface area contributed by atoms with Crippen LogP contribution in [-0.2, 0) is 0 Å². The summed E-state index contributed by atoms with van der Waals surface area (Å²) in [5.41, 5.74) is 4.66. The van der Waals surface area contributed by atoms with E-state index in [4.69, 9.17) is 0 Å². The van der Waals surface area contributed by atoms with E-state index in [1.807, 2.05) is 55.8 Å². The van der Waals surface area contributed by atoms with Gasteiger partial charge in [-0.3, -0.25) is 9.20 Å². The molecule has 9 nitrogen and oxygen atoms in total. The summed E-state index contributed by atoms with van der Waals surface area (Å²) in [5, 5.41) is 10.8. The Balaban J connectivity index is 1.51. The third kappa shape index (κ3) is 3.17. The van der Waals surface area contributed by atoms with Gasteiger partial charge in [0, 0.05) is 32.4 Å². The molecule has 2 N–H and O–H groups in total. The van der Waals surface area contributed by atoms with Crippen LogP contribution in [0.2, 0.25) is 0 Å². The van der Waals surface area contributed by atoms with E-state index in [0.717, 1.165) is 54.6 Å². The van der Waals surface area contributed by atoms with E-state index in [-0.39, 0.29) is 5.91 Å². The quantitative estimate of drug-likeness (QED) is 0.542. The van der Waals surface area contributed by atoms with E-state index in [2.05, 4.69) is 30.6 Å². The molecule has 1 aliphatic heterocycles. The summed E-state index contributed by atoms with van der Waals surface area (Å²) in [7, 11) is 0. The standard InChI is InChI=1S/C21H24N8O/c1-13-10-17(26-29-12-15(3)23-19(13)29)25-21(30)16-4-5-18(27-8-6-22-7-9-27)28-11-14(2)24-20(16)28/h4-5,10-12,22H,6-9H2,1-3H3,(H,25,26,30). The number of nitrogens with zero attached hydrogens (tertiary/aromatic N) is 6. The Morgan fingerprint density at radius 3 is 2.57 bits per heavy atom. The van der Waals surface area contributed by atoms with Crippen LogP contribution in [0.1, 0.15) is 27.3 Å². The first kappa shape index (κ1) is 18.6. The number of carbonyl (C=O) groups is 1. The second-order valence-electron chi connectivity index (χ2n) is 7.74. The van der Waals surface area contributed by atoms with Gasteiger partial charge in [-0.25, -0.2) is 14.5 Å². The summed E-state index contributed by atoms with van der Waals surface area (Å²) >= 11 is 0. The van der Waals surface area contributed by atoms with Crippen LogP contribution in [0.25, 0.3) is 11.3 Å². The summed E-state index contributed by atoms with van der Waals surface area (Å²) in [6.45, 7) is 9.55. The summed E-state index contributed by atoms with van der Waals surface area (Å²) in [5.74, 6) is 1.29. The number of imidazole rings is 2. The molecule has 0 saturated carbocycles. The van der Waals surface area contributed by atoms with Crippen molar-refractivity contribution in [2.24, 2.45) is 0 Å². The van der Waals surface area contributed by atoms with Crippen molar-refractivity contribution in [1.82, 2.24) is 29.3 Å². The topological polar surface area (TPSA) is 91.9 Å². The van der Waals surface area contributed by atoms with Gasteiger partial charge in [0.2, 0.25) is 0 Å². The Morgan fingerprint density at radius 1 is 1.03 bits per heavy atom. The highest BCUT2D eigenvalue weighted by Crippen LogP contribution is 2.23. The minimum absolute atomic E-state index is 0.236. The first-order valence-corrected chi connectivity index (χ1v) is 10.1. The molecule has 0 spiro atoms. The van der Waals surface area contributed by atoms with Crippen LogP contribution >= 0.6 is 0 Å². The smallest absolute Gasteiger partial charge is 0.260 e. The number of rotatable bonds is 3. The van der Waals surface area contributed by atoms with Crippen LogP contribution in [0, 0.1) is 20.8 Å². The Labute approximate surface area is 173 Å². The van der Waals surface area contributed by atoms with E-state index in [1.54, 1.807) is 4.52 Å². The molecule has 0 aromatic carbocycles. The molecule has 1 aliphatic rings. The van der Waals surface area contributed by atoms with Crippen molar-refractivity contribution >= 4 is 28.8 Å². The summed E-state index contributed by atoms with van der Waals surface area (Å²) in [6, 6.07) is 5.68. The SMILES string of the molecule is Cc1cn2nc(NC(=O)c3ccc(N4CCNCC4)n4cc(C)nc34)cc(C)c2n1. The fourth-order valence-electron chi connectivity index (χ4n) is 3.99. The Hall–Kier alpha value is -3.46. The largest absolute Gasteiger partial charge is 0.355 e. The van der Waals surface area contributed by atoms with Gasteiger partial charge in [0.05, 0.1) is 23.1 Å². The van der Waals surface area contributed by atoms with Crippen molar-refractivity contribution in [3.8, 4) is 0 Å². The van der Waals surface area contributed by atoms with Gasteiger partial charge in [0.15, 0.2) is 17.1 Å². The lowest BCUT2D eigenvalue weighted by Gasteiger charge is -2.30. The average molecular weight is 404 g/mol. The van der Waals surface area contributed by atoms with Gasteiger partial charge in [-0.1, -0.05) is 0 Å². The van der Waals surface area contributed by atoms with Gasteiger partial charge in [-0.05, 0) is 44.5 Å². The molecule has 4 aromatic heterocycles. The van der Waals surface area contributed by atoms with Crippen LogP contribution in [0.3, 0.4) is 0 Å². The third-order valence-corrected chi connectivity index (χ3v) is 5.37. The zero-order valence-electron chi connectivity index (χ0n) is 17.3. The molecule has 1 fully saturated rings. The van der Waals surface area contributed by atoms with Gasteiger partial charge >= 0.3 is 0 Å². The number of carbonyl (C=O) groups excluding carboxylic acids is 1. The molecule has 0 radical (unpaired) electrons. The summed E-state index contributed by atoms with van der Waals surface area (Å²) in [4.78, 5) is 24.5. The van der Waals surface area contributed by atoms with E-state index < -0.39 is 0 Å². The van der Waals surface area contributed by atoms with Crippen molar-refractivity contribution < 1.29 is 4.79 Å². The van der Waals surface area contributed by atoms with Crippen molar-refractivity contribution in [3.05, 3.63) is 53.1 Å². The van der Waals surface area contributed by atoms with Crippen LogP contribution in [0.5, 0.6) is 0 Å². The van der Waals surface area contributed by atoms with Crippen molar-refractivity contribution in [2.45, 2.75) is 20.8 Å². The summed E-state index contributed by atoms with van der Waals surface area (Å²) in [6.07, 6.45) is 3.82. The molecule has 4 aromatic rings. The second kappa shape index (κ2) is 7.10. The fraction of sp³-hybridized carbons (Fsp3) is 0.333. The molecule has 9 heteroatoms. The molecule has 5 rings (SSSR count). The minimum atomic E-state index is -0.236. The number of hydrogen-bond donors (Lipinski definition) is 2. The minimum Gasteiger partial charge on any atom is -0.355 e. The zero-order chi connectivity index (χ0) is 20.8. The zero-order valence-corrected chi connectivity index (χ0v) is 17.3. The van der Waals surface area contributed by atoms with Gasteiger partial charge in [-0.15, -0.1) is 5.10 Å². The molecule has 154 valence electrons. The predicted octanol–water partition coefficient (Wildman–Crippen LogP) is 1.96. The third-order valence-electron chi connectivity index (χ3n) is 5.37. The lowest BCUT2D eigenvalue weighted by molar-refractivity contribution is 0.102. The predicted molar refractivity (Wildman–Crippen MR) is 115 cm³/mol. The van der Waals surface area contributed by atoms with Crippen LogP contribution in [0.15, 0.2) is 30.6 Å². The van der Waals surface area contributed by atoms with Crippen molar-refractivity contribution in [2.75, 3.05) is 36.4 Å². The number of pyridine rings is 1. The monoisotopic (exact) mass is 404 g/mol. The van der Waals surface area contributed by atoms with E-state index >= 15 is 0 Å². The highest BCUT2D eigenvalue weighted by atomic mass is 16.1. The Kier molecular flexibility index (Phi) is 4.39. The molecule has 0 aliphatic carbocycles.